The highest BCUT2D eigenvalue weighted by molar-refractivity contribution is 8.15. The molecule has 0 amide bonds. The molecule has 0 bridgehead atoms. The normalized spacial score (nSPS) is 20.2. The highest BCUT2D eigenvalue weighted by Gasteiger charge is 2.52. The second kappa shape index (κ2) is 4.41. The zero-order valence-electron chi connectivity index (χ0n) is 7.75. The van der Waals surface area contributed by atoms with Gasteiger partial charge in [0, 0.05) is 10.7 Å². The van der Waals surface area contributed by atoms with Gasteiger partial charge in [-0.1, -0.05) is 6.92 Å². The Morgan fingerprint density at radius 1 is 1.46 bits per heavy atom. The summed E-state index contributed by atoms with van der Waals surface area (Å²) in [6, 6.07) is 0. The number of thioether (sulfide) groups is 1. The third-order valence-corrected chi connectivity index (χ3v) is 6.06. The quantitative estimate of drug-likeness (QED) is 0.531. The summed E-state index contributed by atoms with van der Waals surface area (Å²) in [6.07, 6.45) is 3.22. The van der Waals surface area contributed by atoms with Gasteiger partial charge >= 0.3 is 0 Å². The molecule has 0 atom stereocenters. The molecule has 0 aliphatic heterocycles. The monoisotopic (exact) mass is 242 g/mol. The number of hydrogen-bond donors (Lipinski definition) is 0. The Balaban J connectivity index is 2.29. The van der Waals surface area contributed by atoms with Crippen LogP contribution in [0.25, 0.3) is 0 Å². The first-order valence-electron chi connectivity index (χ1n) is 4.54. The van der Waals surface area contributed by atoms with E-state index in [-0.39, 0.29) is 0 Å². The maximum Gasteiger partial charge on any atom is 0.238 e. The Morgan fingerprint density at radius 2 is 2.08 bits per heavy atom. The molecular weight excluding hydrogens is 228 g/mol. The van der Waals surface area contributed by atoms with Crippen LogP contribution in [-0.2, 0) is 9.05 Å². The summed E-state index contributed by atoms with van der Waals surface area (Å²) in [7, 11) is 2.05. The van der Waals surface area contributed by atoms with Crippen molar-refractivity contribution in [2.45, 2.75) is 37.4 Å². The average molecular weight is 243 g/mol. The molecule has 0 aromatic carbocycles. The lowest BCUT2D eigenvalue weighted by Crippen LogP contribution is -2.17. The van der Waals surface area contributed by atoms with Crippen LogP contribution in [0.2, 0.25) is 0 Å². The van der Waals surface area contributed by atoms with E-state index in [0.29, 0.717) is 0 Å². The summed E-state index contributed by atoms with van der Waals surface area (Å²) in [5, 5.41) is 0. The summed E-state index contributed by atoms with van der Waals surface area (Å²) in [5.74, 6) is 2.14. The number of rotatable bonds is 6. The van der Waals surface area contributed by atoms with Crippen LogP contribution in [0.3, 0.4) is 0 Å². The molecule has 2 nitrogen and oxygen atoms in total. The minimum Gasteiger partial charge on any atom is -0.212 e. The second-order valence-electron chi connectivity index (χ2n) is 3.42. The van der Waals surface area contributed by atoms with Crippen molar-refractivity contribution in [3.05, 3.63) is 0 Å². The summed E-state index contributed by atoms with van der Waals surface area (Å²) in [5.41, 5.74) is 0. The van der Waals surface area contributed by atoms with Gasteiger partial charge in [-0.3, -0.25) is 0 Å². The Morgan fingerprint density at radius 3 is 2.46 bits per heavy atom. The van der Waals surface area contributed by atoms with E-state index in [1.807, 2.05) is 11.8 Å². The highest BCUT2D eigenvalue weighted by Crippen LogP contribution is 2.49. The van der Waals surface area contributed by atoms with Crippen molar-refractivity contribution in [1.29, 1.82) is 0 Å². The number of halogens is 1. The molecule has 1 fully saturated rings. The molecule has 78 valence electrons. The molecule has 1 aliphatic carbocycles. The van der Waals surface area contributed by atoms with E-state index < -0.39 is 13.8 Å². The molecule has 5 heteroatoms. The summed E-state index contributed by atoms with van der Waals surface area (Å²) >= 11 is 1.85. The van der Waals surface area contributed by atoms with Crippen molar-refractivity contribution in [1.82, 2.24) is 0 Å². The SMILES string of the molecule is CCSCCCC1(S(=O)(=O)Cl)CC1. The predicted octanol–water partition coefficient (Wildman–Crippen LogP) is 2.62. The average Bonchev–Trinajstić information content (AvgIpc) is 2.77. The molecule has 0 aromatic rings. The van der Waals surface area contributed by atoms with Gasteiger partial charge in [-0.15, -0.1) is 0 Å². The van der Waals surface area contributed by atoms with Crippen LogP contribution >= 0.6 is 22.4 Å². The van der Waals surface area contributed by atoms with Crippen molar-refractivity contribution in [3.8, 4) is 0 Å². The van der Waals surface area contributed by atoms with Gasteiger partial charge in [-0.05, 0) is 37.2 Å². The molecule has 0 unspecified atom stereocenters. The van der Waals surface area contributed by atoms with Gasteiger partial charge in [-0.25, -0.2) is 8.42 Å². The fraction of sp³-hybridized carbons (Fsp3) is 1.00. The Hall–Kier alpha value is 0.590. The molecule has 0 aromatic heterocycles. The van der Waals surface area contributed by atoms with Gasteiger partial charge in [0.2, 0.25) is 9.05 Å². The Labute approximate surface area is 88.8 Å². The number of hydrogen-bond acceptors (Lipinski definition) is 3. The van der Waals surface area contributed by atoms with Gasteiger partial charge in [0.25, 0.3) is 0 Å². The van der Waals surface area contributed by atoms with E-state index in [1.54, 1.807) is 0 Å². The van der Waals surface area contributed by atoms with E-state index in [4.69, 9.17) is 10.7 Å². The Bertz CT molecular complexity index is 257. The van der Waals surface area contributed by atoms with Crippen molar-refractivity contribution in [3.63, 3.8) is 0 Å². The highest BCUT2D eigenvalue weighted by atomic mass is 35.7. The minimum atomic E-state index is -3.32. The van der Waals surface area contributed by atoms with Gasteiger partial charge in [-0.2, -0.15) is 11.8 Å². The van der Waals surface area contributed by atoms with Gasteiger partial charge < -0.3 is 0 Å². The first-order chi connectivity index (χ1) is 6.02. The minimum absolute atomic E-state index is 0.539. The first kappa shape index (κ1) is 11.7. The molecule has 13 heavy (non-hydrogen) atoms. The molecule has 1 aliphatic rings. The maximum absolute atomic E-state index is 11.1. The van der Waals surface area contributed by atoms with E-state index in [9.17, 15) is 8.42 Å². The molecule has 0 spiro atoms. The van der Waals surface area contributed by atoms with Crippen molar-refractivity contribution in [2.75, 3.05) is 11.5 Å². The standard InChI is InChI=1S/C8H15ClO2S2/c1-2-12-7-3-4-8(5-6-8)13(9,10)11/h2-7H2,1H3. The van der Waals surface area contributed by atoms with Crippen molar-refractivity contribution < 1.29 is 8.42 Å². The lowest BCUT2D eigenvalue weighted by atomic mass is 10.2. The summed E-state index contributed by atoms with van der Waals surface area (Å²) < 4.78 is 21.7. The molecular formula is C8H15ClO2S2. The lowest BCUT2D eigenvalue weighted by molar-refractivity contribution is 0.581. The molecule has 0 heterocycles. The molecule has 1 saturated carbocycles. The zero-order valence-corrected chi connectivity index (χ0v) is 10.1. The molecule has 0 N–H and O–H groups in total. The van der Waals surface area contributed by atoms with Gasteiger partial charge in [0.15, 0.2) is 0 Å². The predicted molar refractivity (Wildman–Crippen MR) is 59.0 cm³/mol. The van der Waals surface area contributed by atoms with Crippen LogP contribution in [0.5, 0.6) is 0 Å². The smallest absolute Gasteiger partial charge is 0.212 e. The van der Waals surface area contributed by atoms with Crippen LogP contribution in [0.4, 0.5) is 0 Å². The van der Waals surface area contributed by atoms with E-state index in [0.717, 1.165) is 37.2 Å². The van der Waals surface area contributed by atoms with Crippen molar-refractivity contribution in [2.24, 2.45) is 0 Å². The van der Waals surface area contributed by atoms with Crippen LogP contribution in [0, 0.1) is 0 Å². The van der Waals surface area contributed by atoms with Gasteiger partial charge in [0.1, 0.15) is 0 Å². The molecule has 0 saturated heterocycles. The maximum atomic E-state index is 11.1. The van der Waals surface area contributed by atoms with Crippen molar-refractivity contribution >= 4 is 31.5 Å². The fourth-order valence-electron chi connectivity index (χ4n) is 1.40. The summed E-state index contributed by atoms with van der Waals surface area (Å²) in [4.78, 5) is 0. The van der Waals surface area contributed by atoms with Crippen LogP contribution < -0.4 is 0 Å². The molecule has 0 radical (unpaired) electrons. The third kappa shape index (κ3) is 3.03. The zero-order chi connectivity index (χ0) is 9.95. The largest absolute Gasteiger partial charge is 0.238 e. The van der Waals surface area contributed by atoms with Crippen LogP contribution in [0.1, 0.15) is 32.6 Å². The van der Waals surface area contributed by atoms with Gasteiger partial charge in [0.05, 0.1) is 4.75 Å². The fourth-order valence-corrected chi connectivity index (χ4v) is 3.71. The molecule has 1 rings (SSSR count). The summed E-state index contributed by atoms with van der Waals surface area (Å²) in [6.45, 7) is 2.11. The topological polar surface area (TPSA) is 34.1 Å². The van der Waals surface area contributed by atoms with E-state index >= 15 is 0 Å². The van der Waals surface area contributed by atoms with E-state index in [2.05, 4.69) is 6.92 Å². The third-order valence-electron chi connectivity index (χ3n) is 2.45. The second-order valence-corrected chi connectivity index (χ2v) is 7.78. The van der Waals surface area contributed by atoms with Crippen LogP contribution in [-0.4, -0.2) is 24.7 Å². The van der Waals surface area contributed by atoms with E-state index in [1.165, 1.54) is 0 Å². The van der Waals surface area contributed by atoms with Crippen LogP contribution in [0.15, 0.2) is 0 Å². The first-order valence-corrected chi connectivity index (χ1v) is 8.00. The Kier molecular flexibility index (Phi) is 3.95. The lowest BCUT2D eigenvalue weighted by Gasteiger charge is -2.09.